The Hall–Kier alpha value is -3.06. The van der Waals surface area contributed by atoms with Gasteiger partial charge in [0.2, 0.25) is 6.79 Å². The van der Waals surface area contributed by atoms with Crippen molar-refractivity contribution in [2.75, 3.05) is 13.3 Å². The average molecular weight is 439 g/mol. The third-order valence-electron chi connectivity index (χ3n) is 5.19. The molecule has 2 heterocycles. The number of hydrogen-bond acceptors (Lipinski definition) is 6. The molecular formula is C24H26N2O4S. The van der Waals surface area contributed by atoms with E-state index in [1.54, 1.807) is 29.5 Å². The molecule has 1 aliphatic rings. The first-order chi connectivity index (χ1) is 15.0. The minimum absolute atomic E-state index is 0.0407. The zero-order chi connectivity index (χ0) is 21.8. The lowest BCUT2D eigenvalue weighted by molar-refractivity contribution is 0.0741. The highest BCUT2D eigenvalue weighted by Crippen LogP contribution is 2.33. The lowest BCUT2D eigenvalue weighted by Gasteiger charge is -2.21. The van der Waals surface area contributed by atoms with Gasteiger partial charge in [-0.05, 0) is 61.7 Å². The van der Waals surface area contributed by atoms with E-state index >= 15 is 0 Å². The van der Waals surface area contributed by atoms with Crippen LogP contribution in [-0.4, -0.2) is 29.1 Å². The molecule has 0 saturated carbocycles. The summed E-state index contributed by atoms with van der Waals surface area (Å²) in [6.07, 6.45) is 0.864. The fourth-order valence-electron chi connectivity index (χ4n) is 3.37. The topological polar surface area (TPSA) is 60.9 Å². The van der Waals surface area contributed by atoms with E-state index in [4.69, 9.17) is 14.2 Å². The van der Waals surface area contributed by atoms with Crippen molar-refractivity contribution in [3.63, 3.8) is 0 Å². The predicted octanol–water partition coefficient (Wildman–Crippen LogP) is 5.12. The van der Waals surface area contributed by atoms with Crippen molar-refractivity contribution in [3.05, 3.63) is 69.2 Å². The molecule has 0 spiro atoms. The van der Waals surface area contributed by atoms with Crippen molar-refractivity contribution in [3.8, 4) is 17.2 Å². The number of thiazole rings is 1. The van der Waals surface area contributed by atoms with E-state index in [2.05, 4.69) is 31.8 Å². The minimum Gasteiger partial charge on any atom is -0.486 e. The molecule has 0 saturated heterocycles. The van der Waals surface area contributed by atoms with Crippen LogP contribution in [0.4, 0.5) is 0 Å². The lowest BCUT2D eigenvalue weighted by atomic mass is 10.1. The zero-order valence-electron chi connectivity index (χ0n) is 18.0. The highest BCUT2D eigenvalue weighted by atomic mass is 32.1. The predicted molar refractivity (Wildman–Crippen MR) is 120 cm³/mol. The maximum absolute atomic E-state index is 13.1. The van der Waals surface area contributed by atoms with Crippen LogP contribution >= 0.6 is 11.3 Å². The van der Waals surface area contributed by atoms with Gasteiger partial charge in [-0.15, -0.1) is 11.3 Å². The SMILES string of the molecule is CCCN(Cc1csc(COc2ccc(C)c(C)c2)n1)C(=O)c1ccc2c(c1)OCO2. The van der Waals surface area contributed by atoms with Crippen LogP contribution in [0.3, 0.4) is 0 Å². The molecule has 4 rings (SSSR count). The molecule has 0 atom stereocenters. The standard InChI is InChI=1S/C24H26N2O4S/c1-4-9-26(24(27)18-6-8-21-22(11-18)30-15-29-21)12-19-14-31-23(25-19)13-28-20-7-5-16(2)17(3)10-20/h5-8,10-11,14H,4,9,12-13,15H2,1-3H3. The molecule has 0 radical (unpaired) electrons. The number of benzene rings is 2. The first-order valence-corrected chi connectivity index (χ1v) is 11.2. The first kappa shape index (κ1) is 21.2. The number of rotatable bonds is 8. The molecule has 1 amide bonds. The molecule has 2 aromatic carbocycles. The summed E-state index contributed by atoms with van der Waals surface area (Å²) in [5.74, 6) is 2.08. The van der Waals surface area contributed by atoms with Crippen LogP contribution in [0, 0.1) is 13.8 Å². The average Bonchev–Trinajstić information content (AvgIpc) is 3.42. The number of amides is 1. The Labute approximate surface area is 186 Å². The van der Waals surface area contributed by atoms with Gasteiger partial charge in [0.1, 0.15) is 17.4 Å². The smallest absolute Gasteiger partial charge is 0.254 e. The maximum Gasteiger partial charge on any atom is 0.254 e. The van der Waals surface area contributed by atoms with E-state index in [-0.39, 0.29) is 12.7 Å². The molecule has 1 aliphatic heterocycles. The molecule has 0 fully saturated rings. The third kappa shape index (κ3) is 4.99. The van der Waals surface area contributed by atoms with Crippen molar-refractivity contribution in [1.82, 2.24) is 9.88 Å². The van der Waals surface area contributed by atoms with Crippen LogP contribution in [0.1, 0.15) is 45.5 Å². The molecule has 7 heteroatoms. The Morgan fingerprint density at radius 2 is 1.97 bits per heavy atom. The number of nitrogens with zero attached hydrogens (tertiary/aromatic N) is 2. The fourth-order valence-corrected chi connectivity index (χ4v) is 4.06. The summed E-state index contributed by atoms with van der Waals surface area (Å²) in [5, 5.41) is 2.88. The number of fused-ring (bicyclic) bond motifs is 1. The summed E-state index contributed by atoms with van der Waals surface area (Å²) < 4.78 is 16.6. The highest BCUT2D eigenvalue weighted by Gasteiger charge is 2.21. The van der Waals surface area contributed by atoms with Crippen LogP contribution < -0.4 is 14.2 Å². The fraction of sp³-hybridized carbons (Fsp3) is 0.333. The molecule has 31 heavy (non-hydrogen) atoms. The Balaban J connectivity index is 1.41. The first-order valence-electron chi connectivity index (χ1n) is 10.4. The number of carbonyl (C=O) groups is 1. The Kier molecular flexibility index (Phi) is 6.42. The Morgan fingerprint density at radius 3 is 2.77 bits per heavy atom. The summed E-state index contributed by atoms with van der Waals surface area (Å²) in [6.45, 7) is 7.93. The molecule has 0 bridgehead atoms. The summed E-state index contributed by atoms with van der Waals surface area (Å²) >= 11 is 1.55. The molecule has 162 valence electrons. The van der Waals surface area contributed by atoms with Gasteiger partial charge >= 0.3 is 0 Å². The number of aryl methyl sites for hydroxylation is 2. The van der Waals surface area contributed by atoms with Crippen molar-refractivity contribution in [2.24, 2.45) is 0 Å². The zero-order valence-corrected chi connectivity index (χ0v) is 18.8. The second-order valence-electron chi connectivity index (χ2n) is 7.56. The van der Waals surface area contributed by atoms with Gasteiger partial charge in [-0.1, -0.05) is 13.0 Å². The van der Waals surface area contributed by atoms with E-state index in [0.29, 0.717) is 36.8 Å². The Morgan fingerprint density at radius 1 is 1.13 bits per heavy atom. The molecule has 0 N–H and O–H groups in total. The summed E-state index contributed by atoms with van der Waals surface area (Å²) in [6, 6.07) is 11.4. The van der Waals surface area contributed by atoms with Crippen molar-refractivity contribution < 1.29 is 19.0 Å². The summed E-state index contributed by atoms with van der Waals surface area (Å²) in [4.78, 5) is 19.6. The summed E-state index contributed by atoms with van der Waals surface area (Å²) in [5.41, 5.74) is 3.90. The van der Waals surface area contributed by atoms with E-state index in [9.17, 15) is 4.79 Å². The van der Waals surface area contributed by atoms with Crippen LogP contribution in [0.15, 0.2) is 41.8 Å². The summed E-state index contributed by atoms with van der Waals surface area (Å²) in [7, 11) is 0. The van der Waals surface area contributed by atoms with Gasteiger partial charge in [-0.3, -0.25) is 4.79 Å². The van der Waals surface area contributed by atoms with E-state index in [1.165, 1.54) is 11.1 Å². The van der Waals surface area contributed by atoms with Gasteiger partial charge in [-0.2, -0.15) is 0 Å². The highest BCUT2D eigenvalue weighted by molar-refractivity contribution is 7.09. The van der Waals surface area contributed by atoms with Gasteiger partial charge in [0, 0.05) is 17.5 Å². The van der Waals surface area contributed by atoms with Gasteiger partial charge in [0.25, 0.3) is 5.91 Å². The number of aromatic nitrogens is 1. The van der Waals surface area contributed by atoms with E-state index in [0.717, 1.165) is 22.9 Å². The molecule has 0 aliphatic carbocycles. The molecule has 1 aromatic heterocycles. The minimum atomic E-state index is -0.0407. The molecular weight excluding hydrogens is 412 g/mol. The van der Waals surface area contributed by atoms with E-state index in [1.807, 2.05) is 22.4 Å². The lowest BCUT2D eigenvalue weighted by Crippen LogP contribution is -2.31. The second kappa shape index (κ2) is 9.39. The van der Waals surface area contributed by atoms with Crippen LogP contribution in [0.25, 0.3) is 0 Å². The van der Waals surface area contributed by atoms with Gasteiger partial charge < -0.3 is 19.1 Å². The van der Waals surface area contributed by atoms with Crippen LogP contribution in [0.2, 0.25) is 0 Å². The maximum atomic E-state index is 13.1. The monoisotopic (exact) mass is 438 g/mol. The van der Waals surface area contributed by atoms with E-state index < -0.39 is 0 Å². The van der Waals surface area contributed by atoms with Crippen molar-refractivity contribution in [2.45, 2.75) is 40.3 Å². The third-order valence-corrected chi connectivity index (χ3v) is 6.06. The van der Waals surface area contributed by atoms with Gasteiger partial charge in [0.15, 0.2) is 11.5 Å². The van der Waals surface area contributed by atoms with Crippen molar-refractivity contribution >= 4 is 17.2 Å². The van der Waals surface area contributed by atoms with Gasteiger partial charge in [0.05, 0.1) is 12.2 Å². The molecule has 0 unspecified atom stereocenters. The quantitative estimate of drug-likeness (QED) is 0.489. The second-order valence-corrected chi connectivity index (χ2v) is 8.50. The largest absolute Gasteiger partial charge is 0.486 e. The van der Waals surface area contributed by atoms with Crippen LogP contribution in [0.5, 0.6) is 17.2 Å². The molecule has 6 nitrogen and oxygen atoms in total. The Bertz CT molecular complexity index is 1080. The number of carbonyl (C=O) groups excluding carboxylic acids is 1. The van der Waals surface area contributed by atoms with Gasteiger partial charge in [-0.25, -0.2) is 4.98 Å². The van der Waals surface area contributed by atoms with Crippen molar-refractivity contribution in [1.29, 1.82) is 0 Å². The molecule has 3 aromatic rings. The van der Waals surface area contributed by atoms with Crippen LogP contribution in [-0.2, 0) is 13.2 Å². The number of hydrogen-bond donors (Lipinski definition) is 0. The number of ether oxygens (including phenoxy) is 3. The normalized spacial score (nSPS) is 12.1.